The fraction of sp³-hybridized carbons (Fsp3) is 0.357. The van der Waals surface area contributed by atoms with Crippen LogP contribution in [0.25, 0.3) is 26.4 Å². The summed E-state index contributed by atoms with van der Waals surface area (Å²) in [6.07, 6.45) is 2.76. The molecule has 3 amide bonds. The van der Waals surface area contributed by atoms with Crippen LogP contribution in [-0.2, 0) is 9.59 Å². The third kappa shape index (κ3) is 5.10. The van der Waals surface area contributed by atoms with Crippen LogP contribution in [0.3, 0.4) is 0 Å². The lowest BCUT2D eigenvalue weighted by Crippen LogP contribution is -2.41. The highest BCUT2D eigenvalue weighted by atomic mass is 32.1. The van der Waals surface area contributed by atoms with E-state index in [1.807, 2.05) is 22.6 Å². The first-order valence-corrected chi connectivity index (χ1v) is 13.9. The van der Waals surface area contributed by atoms with E-state index in [1.54, 1.807) is 23.2 Å². The molecule has 0 spiro atoms. The van der Waals surface area contributed by atoms with E-state index in [0.717, 1.165) is 15.8 Å². The summed E-state index contributed by atoms with van der Waals surface area (Å²) in [7, 11) is 0. The molecule has 0 saturated carbocycles. The Morgan fingerprint density at radius 3 is 2.82 bits per heavy atom. The largest absolute Gasteiger partial charge is 0.352 e. The smallest absolute Gasteiger partial charge is 0.251 e. The van der Waals surface area contributed by atoms with Gasteiger partial charge in [0.1, 0.15) is 12.0 Å². The van der Waals surface area contributed by atoms with E-state index in [0.29, 0.717) is 67.1 Å². The van der Waals surface area contributed by atoms with Crippen molar-refractivity contribution in [1.29, 1.82) is 0 Å². The number of nitrogens with one attached hydrogen (secondary N) is 2. The minimum Gasteiger partial charge on any atom is -0.352 e. The van der Waals surface area contributed by atoms with Gasteiger partial charge in [-0.3, -0.25) is 18.8 Å². The van der Waals surface area contributed by atoms with Crippen molar-refractivity contribution in [3.8, 4) is 11.3 Å². The molecule has 2 atom stereocenters. The quantitative estimate of drug-likeness (QED) is 0.333. The van der Waals surface area contributed by atoms with Crippen LogP contribution < -0.4 is 10.6 Å². The molecule has 8 nitrogen and oxygen atoms in total. The molecule has 39 heavy (non-hydrogen) atoms. The lowest BCUT2D eigenvalue weighted by Gasteiger charge is -2.28. The second kappa shape index (κ2) is 10.4. The maximum absolute atomic E-state index is 15.0. The van der Waals surface area contributed by atoms with Crippen LogP contribution in [0, 0.1) is 5.82 Å². The molecule has 2 saturated heterocycles. The number of nitrogens with zero attached hydrogens (tertiary/aromatic N) is 3. The van der Waals surface area contributed by atoms with Crippen LogP contribution >= 0.6 is 11.3 Å². The highest BCUT2D eigenvalue weighted by Crippen LogP contribution is 2.33. The van der Waals surface area contributed by atoms with E-state index in [4.69, 9.17) is 0 Å². The molecule has 4 heterocycles. The van der Waals surface area contributed by atoms with Crippen LogP contribution in [0.1, 0.15) is 54.1 Å². The molecular weight excluding hydrogens is 524 g/mol. The molecule has 11 heteroatoms. The Labute approximate surface area is 227 Å². The summed E-state index contributed by atoms with van der Waals surface area (Å²) in [4.78, 5) is 43.0. The Bertz CT molecular complexity index is 1600. The van der Waals surface area contributed by atoms with Gasteiger partial charge in [-0.1, -0.05) is 17.4 Å². The Morgan fingerprint density at radius 2 is 2.05 bits per heavy atom. The van der Waals surface area contributed by atoms with Gasteiger partial charge in [0.15, 0.2) is 4.96 Å². The zero-order valence-corrected chi connectivity index (χ0v) is 21.9. The normalized spacial score (nSPS) is 19.7. The monoisotopic (exact) mass is 551 g/mol. The maximum atomic E-state index is 15.0. The van der Waals surface area contributed by atoms with Crippen molar-refractivity contribution in [2.24, 2.45) is 0 Å². The molecule has 0 bridgehead atoms. The number of carbonyl (C=O) groups is 3. The Kier molecular flexibility index (Phi) is 6.76. The summed E-state index contributed by atoms with van der Waals surface area (Å²) >= 11 is 1.41. The molecule has 2 aromatic carbocycles. The van der Waals surface area contributed by atoms with Crippen molar-refractivity contribution in [3.63, 3.8) is 0 Å². The number of aromatic nitrogens is 2. The Morgan fingerprint density at radius 1 is 1.18 bits per heavy atom. The van der Waals surface area contributed by atoms with Gasteiger partial charge in [-0.2, -0.15) is 0 Å². The molecule has 2 aliphatic rings. The van der Waals surface area contributed by atoms with E-state index < -0.39 is 6.17 Å². The average molecular weight is 552 g/mol. The van der Waals surface area contributed by atoms with Crippen molar-refractivity contribution < 1.29 is 23.2 Å². The predicted molar refractivity (Wildman–Crippen MR) is 144 cm³/mol. The van der Waals surface area contributed by atoms with Gasteiger partial charge in [0.25, 0.3) is 5.91 Å². The predicted octanol–water partition coefficient (Wildman–Crippen LogP) is 4.39. The molecule has 0 aliphatic carbocycles. The number of hydrogen-bond acceptors (Lipinski definition) is 5. The lowest BCUT2D eigenvalue weighted by molar-refractivity contribution is -0.135. The summed E-state index contributed by atoms with van der Waals surface area (Å²) in [6, 6.07) is 10.2. The van der Waals surface area contributed by atoms with Crippen molar-refractivity contribution in [2.75, 3.05) is 19.6 Å². The van der Waals surface area contributed by atoms with E-state index >= 15 is 4.39 Å². The SMILES string of the molecule is O=C1CC[C@@H](c2ccc(-c3cn4c(n3)sc3cc(C(=O)NCCCN5CCC(F)CC5=O)ccc34)c(F)c2)N1. The van der Waals surface area contributed by atoms with Gasteiger partial charge in [0, 0.05) is 43.4 Å². The number of alkyl halides is 1. The highest BCUT2D eigenvalue weighted by molar-refractivity contribution is 7.23. The number of fused-ring (bicyclic) bond motifs is 3. The number of rotatable bonds is 7. The number of carbonyl (C=O) groups excluding carboxylic acids is 3. The standard InChI is InChI=1S/C28H27F2N5O3S/c29-18-8-11-34(26(37)14-18)10-1-9-31-27(38)17-3-6-23-24(13-17)39-28-33-22(15-35(23)28)19-4-2-16(12-20(19)30)21-5-7-25(36)32-21/h2-4,6,12-13,15,18,21H,1,5,7-11,14H2,(H,31,38)(H,32,36)/t18?,21-/m0/s1. The zero-order chi connectivity index (χ0) is 27.1. The summed E-state index contributed by atoms with van der Waals surface area (Å²) < 4.78 is 31.1. The molecule has 2 aliphatic heterocycles. The van der Waals surface area contributed by atoms with Crippen LogP contribution in [-0.4, -0.2) is 57.8 Å². The minimum atomic E-state index is -1.05. The molecule has 202 valence electrons. The summed E-state index contributed by atoms with van der Waals surface area (Å²) in [5.41, 5.74) is 3.03. The van der Waals surface area contributed by atoms with Gasteiger partial charge in [0.2, 0.25) is 11.8 Å². The van der Waals surface area contributed by atoms with Crippen LogP contribution in [0.4, 0.5) is 8.78 Å². The second-order valence-electron chi connectivity index (χ2n) is 10.0. The number of thiazole rings is 1. The summed E-state index contributed by atoms with van der Waals surface area (Å²) in [5.74, 6) is -0.789. The molecule has 4 aromatic rings. The molecule has 0 radical (unpaired) electrons. The number of imidazole rings is 1. The number of benzene rings is 2. The lowest BCUT2D eigenvalue weighted by atomic mass is 10.0. The van der Waals surface area contributed by atoms with Crippen LogP contribution in [0.15, 0.2) is 42.6 Å². The van der Waals surface area contributed by atoms with Gasteiger partial charge in [0.05, 0.1) is 28.4 Å². The second-order valence-corrected chi connectivity index (χ2v) is 11.1. The van der Waals surface area contributed by atoms with E-state index in [-0.39, 0.29) is 36.0 Å². The first kappa shape index (κ1) is 25.4. The Balaban J connectivity index is 1.12. The number of likely N-dealkylation sites (tertiary alicyclic amines) is 1. The van der Waals surface area contributed by atoms with Gasteiger partial charge < -0.3 is 15.5 Å². The molecule has 2 aromatic heterocycles. The van der Waals surface area contributed by atoms with Gasteiger partial charge in [-0.25, -0.2) is 13.8 Å². The van der Waals surface area contributed by atoms with E-state index in [9.17, 15) is 18.8 Å². The van der Waals surface area contributed by atoms with Crippen LogP contribution in [0.2, 0.25) is 0 Å². The molecule has 1 unspecified atom stereocenters. The first-order valence-electron chi connectivity index (χ1n) is 13.1. The highest BCUT2D eigenvalue weighted by Gasteiger charge is 2.25. The van der Waals surface area contributed by atoms with Crippen molar-refractivity contribution in [3.05, 3.63) is 59.5 Å². The van der Waals surface area contributed by atoms with Crippen molar-refractivity contribution in [2.45, 2.75) is 44.3 Å². The zero-order valence-electron chi connectivity index (χ0n) is 21.1. The fourth-order valence-corrected chi connectivity index (χ4v) is 6.29. The molecule has 2 N–H and O–H groups in total. The van der Waals surface area contributed by atoms with Crippen molar-refractivity contribution >= 4 is 44.2 Å². The molecule has 6 rings (SSSR count). The molecular formula is C28H27F2N5O3S. The summed E-state index contributed by atoms with van der Waals surface area (Å²) in [5, 5.41) is 5.74. The maximum Gasteiger partial charge on any atom is 0.251 e. The number of piperidine rings is 1. The average Bonchev–Trinajstić information content (AvgIpc) is 3.61. The van der Waals surface area contributed by atoms with Crippen LogP contribution in [0.5, 0.6) is 0 Å². The number of halogens is 2. The number of amides is 3. The van der Waals surface area contributed by atoms with Crippen molar-refractivity contribution in [1.82, 2.24) is 24.9 Å². The van der Waals surface area contributed by atoms with Gasteiger partial charge >= 0.3 is 0 Å². The Hall–Kier alpha value is -3.86. The first-order chi connectivity index (χ1) is 18.9. The van der Waals surface area contributed by atoms with E-state index in [1.165, 1.54) is 17.4 Å². The fourth-order valence-electron chi connectivity index (χ4n) is 5.24. The number of hydrogen-bond donors (Lipinski definition) is 2. The minimum absolute atomic E-state index is 0.0182. The summed E-state index contributed by atoms with van der Waals surface area (Å²) in [6.45, 7) is 1.33. The molecule has 2 fully saturated rings. The topological polar surface area (TPSA) is 95.8 Å². The third-order valence-corrected chi connectivity index (χ3v) is 8.39. The van der Waals surface area contributed by atoms with Gasteiger partial charge in [-0.05, 0) is 55.2 Å². The van der Waals surface area contributed by atoms with Gasteiger partial charge in [-0.15, -0.1) is 0 Å². The van der Waals surface area contributed by atoms with E-state index in [2.05, 4.69) is 15.6 Å². The third-order valence-electron chi connectivity index (χ3n) is 7.37.